The van der Waals surface area contributed by atoms with E-state index in [4.69, 9.17) is 0 Å². The molecule has 0 saturated heterocycles. The highest BCUT2D eigenvalue weighted by Crippen LogP contribution is 2.23. The predicted molar refractivity (Wildman–Crippen MR) is 72.2 cm³/mol. The first-order valence-corrected chi connectivity index (χ1v) is 8.46. The lowest BCUT2D eigenvalue weighted by molar-refractivity contribution is -0.132. The molecule has 4 nitrogen and oxygen atoms in total. The van der Waals surface area contributed by atoms with Crippen molar-refractivity contribution in [3.05, 3.63) is 16.3 Å². The van der Waals surface area contributed by atoms with Gasteiger partial charge in [0.2, 0.25) is 10.0 Å². The van der Waals surface area contributed by atoms with E-state index in [-0.39, 0.29) is 4.90 Å². The standard InChI is InChI=1S/C11H17F3N2O2S2/c1-2-5-15-8-9-10(3-7-19-9)20(17,18)16-6-4-11(12,13)14/h3,7,15-16H,2,4-6,8H2,1H3. The number of alkyl halides is 3. The Balaban J connectivity index is 2.65. The van der Waals surface area contributed by atoms with E-state index in [1.807, 2.05) is 11.6 Å². The van der Waals surface area contributed by atoms with Crippen molar-refractivity contribution in [3.8, 4) is 0 Å². The van der Waals surface area contributed by atoms with Crippen LogP contribution in [-0.2, 0) is 16.6 Å². The van der Waals surface area contributed by atoms with Crippen LogP contribution in [0.25, 0.3) is 0 Å². The third kappa shape index (κ3) is 5.78. The highest BCUT2D eigenvalue weighted by Gasteiger charge is 2.28. The number of halogens is 3. The molecule has 1 aromatic rings. The lowest BCUT2D eigenvalue weighted by Gasteiger charge is -2.09. The Morgan fingerprint density at radius 1 is 1.30 bits per heavy atom. The van der Waals surface area contributed by atoms with Crippen LogP contribution in [0, 0.1) is 0 Å². The molecule has 1 aromatic heterocycles. The van der Waals surface area contributed by atoms with Crippen molar-refractivity contribution in [2.45, 2.75) is 37.4 Å². The van der Waals surface area contributed by atoms with E-state index in [2.05, 4.69) is 5.32 Å². The molecule has 116 valence electrons. The summed E-state index contributed by atoms with van der Waals surface area (Å²) < 4.78 is 61.9. The quantitative estimate of drug-likeness (QED) is 0.720. The van der Waals surface area contributed by atoms with Crippen LogP contribution in [0.1, 0.15) is 24.6 Å². The fourth-order valence-corrected chi connectivity index (χ4v) is 3.92. The Hall–Kier alpha value is -0.640. The summed E-state index contributed by atoms with van der Waals surface area (Å²) in [6, 6.07) is 1.41. The molecule has 0 aliphatic rings. The van der Waals surface area contributed by atoms with Crippen molar-refractivity contribution in [2.75, 3.05) is 13.1 Å². The van der Waals surface area contributed by atoms with E-state index in [1.165, 1.54) is 17.4 Å². The van der Waals surface area contributed by atoms with Crippen LogP contribution in [0.15, 0.2) is 16.3 Å². The molecule has 0 atom stereocenters. The van der Waals surface area contributed by atoms with Gasteiger partial charge in [-0.05, 0) is 24.4 Å². The first-order chi connectivity index (χ1) is 9.26. The summed E-state index contributed by atoms with van der Waals surface area (Å²) in [6.45, 7) is 2.47. The largest absolute Gasteiger partial charge is 0.390 e. The maximum absolute atomic E-state index is 12.0. The average molecular weight is 330 g/mol. The second kappa shape index (κ2) is 7.39. The van der Waals surface area contributed by atoms with Crippen LogP contribution in [0.3, 0.4) is 0 Å². The van der Waals surface area contributed by atoms with Gasteiger partial charge in [0.05, 0.1) is 11.3 Å². The first-order valence-electron chi connectivity index (χ1n) is 6.10. The topological polar surface area (TPSA) is 58.2 Å². The van der Waals surface area contributed by atoms with Gasteiger partial charge >= 0.3 is 6.18 Å². The fraction of sp³-hybridized carbons (Fsp3) is 0.636. The van der Waals surface area contributed by atoms with E-state index in [1.54, 1.807) is 5.38 Å². The van der Waals surface area contributed by atoms with E-state index in [0.717, 1.165) is 13.0 Å². The number of thiophene rings is 1. The molecule has 0 aliphatic carbocycles. The Morgan fingerprint density at radius 2 is 2.00 bits per heavy atom. The molecule has 1 heterocycles. The summed E-state index contributed by atoms with van der Waals surface area (Å²) in [5.74, 6) is 0. The van der Waals surface area contributed by atoms with Gasteiger partial charge in [-0.15, -0.1) is 11.3 Å². The monoisotopic (exact) mass is 330 g/mol. The number of sulfonamides is 1. The Kier molecular flexibility index (Phi) is 6.44. The predicted octanol–water partition coefficient (Wildman–Crippen LogP) is 2.48. The summed E-state index contributed by atoms with van der Waals surface area (Å²) in [5.41, 5.74) is 0. The molecule has 0 fully saturated rings. The number of hydrogen-bond acceptors (Lipinski definition) is 4. The molecule has 0 spiro atoms. The van der Waals surface area contributed by atoms with Crippen LogP contribution in [0.4, 0.5) is 13.2 Å². The van der Waals surface area contributed by atoms with E-state index >= 15 is 0 Å². The van der Waals surface area contributed by atoms with Crippen LogP contribution >= 0.6 is 11.3 Å². The molecule has 9 heteroatoms. The maximum Gasteiger partial charge on any atom is 0.390 e. The highest BCUT2D eigenvalue weighted by atomic mass is 32.2. The summed E-state index contributed by atoms with van der Waals surface area (Å²) in [6.07, 6.45) is -4.64. The third-order valence-corrected chi connectivity index (χ3v) is 5.00. The minimum Gasteiger partial charge on any atom is -0.312 e. The van der Waals surface area contributed by atoms with Crippen molar-refractivity contribution >= 4 is 21.4 Å². The maximum atomic E-state index is 12.0. The van der Waals surface area contributed by atoms with Gasteiger partial charge in [-0.25, -0.2) is 13.1 Å². The summed E-state index contributed by atoms with van der Waals surface area (Å²) >= 11 is 1.26. The molecule has 0 aliphatic heterocycles. The normalized spacial score (nSPS) is 12.8. The van der Waals surface area contributed by atoms with E-state index in [0.29, 0.717) is 11.4 Å². The molecule has 1 rings (SSSR count). The van der Waals surface area contributed by atoms with Crippen molar-refractivity contribution < 1.29 is 21.6 Å². The second-order valence-electron chi connectivity index (χ2n) is 4.15. The molecule has 0 unspecified atom stereocenters. The summed E-state index contributed by atoms with van der Waals surface area (Å²) in [7, 11) is -3.89. The van der Waals surface area contributed by atoms with Crippen LogP contribution in [-0.4, -0.2) is 27.7 Å². The van der Waals surface area contributed by atoms with Gasteiger partial charge in [-0.1, -0.05) is 6.92 Å². The van der Waals surface area contributed by atoms with Crippen molar-refractivity contribution in [1.29, 1.82) is 0 Å². The zero-order chi connectivity index (χ0) is 15.2. The lowest BCUT2D eigenvalue weighted by atomic mass is 10.4. The lowest BCUT2D eigenvalue weighted by Crippen LogP contribution is -2.28. The van der Waals surface area contributed by atoms with Gasteiger partial charge in [0.1, 0.15) is 0 Å². The molecule has 0 bridgehead atoms. The van der Waals surface area contributed by atoms with Crippen molar-refractivity contribution in [3.63, 3.8) is 0 Å². The molecule has 0 radical (unpaired) electrons. The van der Waals surface area contributed by atoms with Crippen molar-refractivity contribution in [1.82, 2.24) is 10.0 Å². The van der Waals surface area contributed by atoms with Gasteiger partial charge in [-0.2, -0.15) is 13.2 Å². The van der Waals surface area contributed by atoms with E-state index in [9.17, 15) is 21.6 Å². The first kappa shape index (κ1) is 17.4. The minimum absolute atomic E-state index is 0.0493. The highest BCUT2D eigenvalue weighted by molar-refractivity contribution is 7.89. The van der Waals surface area contributed by atoms with Crippen LogP contribution < -0.4 is 10.0 Å². The molecular weight excluding hydrogens is 313 g/mol. The molecule has 20 heavy (non-hydrogen) atoms. The molecule has 2 N–H and O–H groups in total. The summed E-state index contributed by atoms with van der Waals surface area (Å²) in [4.78, 5) is 0.645. The van der Waals surface area contributed by atoms with Crippen molar-refractivity contribution in [2.24, 2.45) is 0 Å². The smallest absolute Gasteiger partial charge is 0.312 e. The zero-order valence-electron chi connectivity index (χ0n) is 11.0. The SMILES string of the molecule is CCCNCc1sccc1S(=O)(=O)NCCC(F)(F)F. The van der Waals surface area contributed by atoms with Crippen LogP contribution in [0.5, 0.6) is 0 Å². The van der Waals surface area contributed by atoms with Gasteiger partial charge in [0, 0.05) is 18.0 Å². The average Bonchev–Trinajstić information content (AvgIpc) is 2.76. The Bertz CT molecular complexity index is 512. The zero-order valence-corrected chi connectivity index (χ0v) is 12.6. The molecule has 0 saturated carbocycles. The third-order valence-electron chi connectivity index (χ3n) is 2.41. The van der Waals surface area contributed by atoms with Crippen LogP contribution in [0.2, 0.25) is 0 Å². The Morgan fingerprint density at radius 3 is 2.60 bits per heavy atom. The van der Waals surface area contributed by atoms with Gasteiger partial charge in [0.25, 0.3) is 0 Å². The number of nitrogens with one attached hydrogen (secondary N) is 2. The number of hydrogen-bond donors (Lipinski definition) is 2. The molecule has 0 amide bonds. The summed E-state index contributed by atoms with van der Waals surface area (Å²) in [5, 5.41) is 4.68. The second-order valence-corrected chi connectivity index (χ2v) is 6.88. The Labute approximate surface area is 120 Å². The van der Waals surface area contributed by atoms with Gasteiger partial charge in [0.15, 0.2) is 0 Å². The number of rotatable bonds is 8. The van der Waals surface area contributed by atoms with E-state index < -0.39 is 29.2 Å². The fourth-order valence-electron chi connectivity index (χ4n) is 1.48. The molecule has 0 aromatic carbocycles. The molecular formula is C11H17F3N2O2S2. The van der Waals surface area contributed by atoms with Gasteiger partial charge < -0.3 is 5.32 Å². The minimum atomic E-state index is -4.37. The van der Waals surface area contributed by atoms with Gasteiger partial charge in [-0.3, -0.25) is 0 Å².